The predicted molar refractivity (Wildman–Crippen MR) is 150 cm³/mol. The summed E-state index contributed by atoms with van der Waals surface area (Å²) in [6.07, 6.45) is 12.1. The number of ketones is 1. The fourth-order valence-electron chi connectivity index (χ4n) is 11.6. The van der Waals surface area contributed by atoms with Crippen molar-refractivity contribution in [2.24, 2.45) is 50.7 Å². The zero-order chi connectivity index (χ0) is 26.3. The van der Waals surface area contributed by atoms with E-state index in [0.29, 0.717) is 27.6 Å². The van der Waals surface area contributed by atoms with Gasteiger partial charge in [0.1, 0.15) is 18.2 Å². The van der Waals surface area contributed by atoms with E-state index in [1.807, 2.05) is 0 Å². The summed E-state index contributed by atoms with van der Waals surface area (Å²) in [6, 6.07) is 0. The average Bonchev–Trinajstić information content (AvgIpc) is 3.14. The van der Waals surface area contributed by atoms with Crippen LogP contribution in [0.15, 0.2) is 0 Å². The predicted octanol–water partition coefficient (Wildman–Crippen LogP) is 7.35. The molecular weight excluding hydrogens is 563 g/mol. The van der Waals surface area contributed by atoms with Gasteiger partial charge in [0, 0.05) is 21.7 Å². The highest BCUT2D eigenvalue weighted by atomic mass is 127. The summed E-state index contributed by atoms with van der Waals surface area (Å²) in [6.45, 7) is 14.0. The Bertz CT molecular complexity index is 945. The van der Waals surface area contributed by atoms with Crippen LogP contribution in [0.25, 0.3) is 0 Å². The number of hydrogen-bond donors (Lipinski definition) is 0. The molecule has 0 radical (unpaired) electrons. The molecular formula is C31H47IO4. The van der Waals surface area contributed by atoms with Crippen LogP contribution in [-0.2, 0) is 19.1 Å². The third-order valence-electron chi connectivity index (χ3n) is 13.4. The molecule has 0 spiro atoms. The van der Waals surface area contributed by atoms with Gasteiger partial charge in [0.15, 0.2) is 0 Å². The third kappa shape index (κ3) is 3.44. The largest absolute Gasteiger partial charge is 0.462 e. The molecule has 36 heavy (non-hydrogen) atoms. The zero-order valence-corrected chi connectivity index (χ0v) is 25.5. The molecule has 202 valence electrons. The minimum absolute atomic E-state index is 0.0144. The highest BCUT2D eigenvalue weighted by Crippen LogP contribution is 2.77. The Morgan fingerprint density at radius 2 is 1.58 bits per heavy atom. The number of alkyl halides is 1. The molecule has 4 unspecified atom stereocenters. The number of carbonyl (C=O) groups is 3. The molecule has 0 N–H and O–H groups in total. The summed E-state index contributed by atoms with van der Waals surface area (Å²) >= 11 is 2.65. The minimum atomic E-state index is -0.259. The molecule has 5 saturated carbocycles. The van der Waals surface area contributed by atoms with E-state index in [0.717, 1.165) is 44.8 Å². The second-order valence-corrected chi connectivity index (χ2v) is 16.3. The second kappa shape index (κ2) is 8.78. The summed E-state index contributed by atoms with van der Waals surface area (Å²) in [4.78, 5) is 36.7. The maximum absolute atomic E-state index is 13.4. The number of aldehydes is 1. The molecule has 5 aliphatic carbocycles. The summed E-state index contributed by atoms with van der Waals surface area (Å²) in [7, 11) is 0. The quantitative estimate of drug-likeness (QED) is 0.110. The zero-order valence-electron chi connectivity index (χ0n) is 23.3. The molecule has 10 atom stereocenters. The fraction of sp³-hybridized carbons (Fsp3) is 0.903. The van der Waals surface area contributed by atoms with E-state index in [9.17, 15) is 14.4 Å². The lowest BCUT2D eigenvalue weighted by molar-refractivity contribution is -0.246. The number of hydrogen-bond acceptors (Lipinski definition) is 4. The summed E-state index contributed by atoms with van der Waals surface area (Å²) in [5.74, 6) is 2.29. The van der Waals surface area contributed by atoms with Crippen molar-refractivity contribution in [3.05, 3.63) is 0 Å². The maximum atomic E-state index is 13.4. The Morgan fingerprint density at radius 3 is 2.25 bits per heavy atom. The molecule has 0 bridgehead atoms. The first-order valence-electron chi connectivity index (χ1n) is 14.6. The van der Waals surface area contributed by atoms with Gasteiger partial charge in [0.2, 0.25) is 0 Å². The van der Waals surface area contributed by atoms with Gasteiger partial charge in [-0.05, 0) is 104 Å². The van der Waals surface area contributed by atoms with Crippen LogP contribution in [0.1, 0.15) is 112 Å². The van der Waals surface area contributed by atoms with E-state index in [-0.39, 0.29) is 51.4 Å². The number of carbonyl (C=O) groups excluding carboxylic acids is 3. The van der Waals surface area contributed by atoms with Gasteiger partial charge in [-0.3, -0.25) is 9.59 Å². The molecule has 5 rings (SSSR count). The highest BCUT2D eigenvalue weighted by Gasteiger charge is 2.71. The third-order valence-corrected chi connectivity index (χ3v) is 14.8. The van der Waals surface area contributed by atoms with Crippen LogP contribution in [0.2, 0.25) is 0 Å². The molecule has 5 fully saturated rings. The second-order valence-electron chi connectivity index (χ2n) is 14.7. The first kappa shape index (κ1) is 27.1. The van der Waals surface area contributed by atoms with Gasteiger partial charge in [0.05, 0.1) is 6.42 Å². The van der Waals surface area contributed by atoms with Gasteiger partial charge >= 0.3 is 5.97 Å². The van der Waals surface area contributed by atoms with E-state index in [4.69, 9.17) is 4.74 Å². The van der Waals surface area contributed by atoms with Crippen LogP contribution in [0.4, 0.5) is 0 Å². The van der Waals surface area contributed by atoms with Crippen molar-refractivity contribution in [2.45, 2.75) is 122 Å². The van der Waals surface area contributed by atoms with Crippen LogP contribution >= 0.6 is 22.6 Å². The van der Waals surface area contributed by atoms with Gasteiger partial charge in [0.25, 0.3) is 0 Å². The van der Waals surface area contributed by atoms with Crippen LogP contribution in [-0.4, -0.2) is 28.1 Å². The van der Waals surface area contributed by atoms with Gasteiger partial charge < -0.3 is 9.53 Å². The number of fused-ring (bicyclic) bond motifs is 7. The minimum Gasteiger partial charge on any atom is -0.462 e. The Labute approximate surface area is 232 Å². The Hall–Kier alpha value is -0.460. The van der Waals surface area contributed by atoms with Crippen molar-refractivity contribution in [1.29, 1.82) is 0 Å². The van der Waals surface area contributed by atoms with Gasteiger partial charge in [-0.1, -0.05) is 57.2 Å². The summed E-state index contributed by atoms with van der Waals surface area (Å²) in [5, 5.41) is 0. The Kier molecular flexibility index (Phi) is 6.61. The summed E-state index contributed by atoms with van der Waals surface area (Å²) < 4.78 is 6.42. The molecule has 0 aliphatic heterocycles. The molecule has 5 heteroatoms. The molecule has 0 aromatic heterocycles. The van der Waals surface area contributed by atoms with E-state index in [1.165, 1.54) is 25.7 Å². The maximum Gasteiger partial charge on any atom is 0.302 e. The van der Waals surface area contributed by atoms with Crippen LogP contribution in [0, 0.1) is 50.7 Å². The number of halogens is 1. The smallest absolute Gasteiger partial charge is 0.302 e. The van der Waals surface area contributed by atoms with Crippen molar-refractivity contribution in [3.63, 3.8) is 0 Å². The molecule has 0 aromatic rings. The van der Waals surface area contributed by atoms with Crippen molar-refractivity contribution >= 4 is 40.6 Å². The number of rotatable bonds is 4. The molecule has 0 saturated heterocycles. The molecule has 5 aliphatic rings. The van der Waals surface area contributed by atoms with Crippen molar-refractivity contribution in [2.75, 3.05) is 0 Å². The van der Waals surface area contributed by atoms with E-state index >= 15 is 0 Å². The monoisotopic (exact) mass is 610 g/mol. The lowest BCUT2D eigenvalue weighted by Gasteiger charge is -2.72. The highest BCUT2D eigenvalue weighted by molar-refractivity contribution is 14.1. The number of esters is 1. The van der Waals surface area contributed by atoms with Gasteiger partial charge in [-0.15, -0.1) is 0 Å². The van der Waals surface area contributed by atoms with Crippen LogP contribution in [0.3, 0.4) is 0 Å². The van der Waals surface area contributed by atoms with Gasteiger partial charge in [-0.2, -0.15) is 0 Å². The van der Waals surface area contributed by atoms with Crippen molar-refractivity contribution < 1.29 is 19.1 Å². The Morgan fingerprint density at radius 1 is 0.861 bits per heavy atom. The van der Waals surface area contributed by atoms with Gasteiger partial charge in [-0.25, -0.2) is 0 Å². The topological polar surface area (TPSA) is 60.4 Å². The molecule has 0 amide bonds. The SMILES string of the molecule is CC(=O)O[C@H]1CC[C@@]2(C)C(CC[C@]3(C)C2CCC2C4[C@H](I)CC[C@]4(C(=O)CC=O)CC[C@]23C)C1(C)C. The van der Waals surface area contributed by atoms with E-state index in [2.05, 4.69) is 57.2 Å². The standard InChI is InChI=1S/C31H47IO4/c1-19(34)36-25-11-13-28(4)22(27(25,2)3)10-14-30(6)23(28)8-7-20-26-21(32)9-15-31(26,24(35)12-18-33)17-16-29(20,30)5/h18,20-23,25-26H,7-17H2,1-6H3/t20?,21-,22?,23?,25+,26?,28+,29-,30-,31-/m1/s1. The first-order valence-corrected chi connectivity index (χ1v) is 15.8. The average molecular weight is 611 g/mol. The number of Topliss-reactive ketones (excluding diaryl/α,β-unsaturated/α-hetero) is 1. The van der Waals surface area contributed by atoms with E-state index in [1.54, 1.807) is 6.92 Å². The van der Waals surface area contributed by atoms with Crippen molar-refractivity contribution in [1.82, 2.24) is 0 Å². The van der Waals surface area contributed by atoms with Crippen molar-refractivity contribution in [3.8, 4) is 0 Å². The van der Waals surface area contributed by atoms with Crippen LogP contribution in [0.5, 0.6) is 0 Å². The fourth-order valence-corrected chi connectivity index (χ4v) is 13.1. The first-order chi connectivity index (χ1) is 16.8. The molecule has 0 aromatic carbocycles. The van der Waals surface area contributed by atoms with E-state index < -0.39 is 0 Å². The molecule has 0 heterocycles. The van der Waals surface area contributed by atoms with Crippen LogP contribution < -0.4 is 0 Å². The number of ether oxygens (including phenoxy) is 1. The normalized spacial score (nSPS) is 51.2. The Balaban J connectivity index is 1.49. The molecule has 4 nitrogen and oxygen atoms in total. The lowest BCUT2D eigenvalue weighted by Crippen LogP contribution is -2.67. The lowest BCUT2D eigenvalue weighted by atomic mass is 9.32. The summed E-state index contributed by atoms with van der Waals surface area (Å²) in [5.41, 5.74) is 0.460.